The van der Waals surface area contributed by atoms with Gasteiger partial charge in [0.05, 0.1) is 6.04 Å². The third kappa shape index (κ3) is 2.79. The lowest BCUT2D eigenvalue weighted by atomic mass is 9.60. The van der Waals surface area contributed by atoms with E-state index in [4.69, 9.17) is 4.74 Å². The lowest BCUT2D eigenvalue weighted by Crippen LogP contribution is -2.61. The Morgan fingerprint density at radius 3 is 2.29 bits per heavy atom. The number of alkyl carbamates (subject to hydrolysis) is 1. The lowest BCUT2D eigenvalue weighted by Gasteiger charge is -2.47. The summed E-state index contributed by atoms with van der Waals surface area (Å²) < 4.78 is 5.20. The highest BCUT2D eigenvalue weighted by atomic mass is 16.6. The van der Waals surface area contributed by atoms with Gasteiger partial charge in [-0.05, 0) is 33.6 Å². The van der Waals surface area contributed by atoms with E-state index in [1.807, 2.05) is 34.6 Å². The van der Waals surface area contributed by atoms with Crippen LogP contribution in [0.1, 0.15) is 53.9 Å². The number of hydrogen-bond acceptors (Lipinski definition) is 3. The molecule has 0 bridgehead atoms. The van der Waals surface area contributed by atoms with Crippen LogP contribution >= 0.6 is 0 Å². The zero-order chi connectivity index (χ0) is 13.3. The Kier molecular flexibility index (Phi) is 3.84. The zero-order valence-electron chi connectivity index (χ0n) is 11.4. The van der Waals surface area contributed by atoms with Gasteiger partial charge in [-0.3, -0.25) is 4.79 Å². The van der Waals surface area contributed by atoms with Gasteiger partial charge in [0, 0.05) is 11.8 Å². The molecular weight excluding hydrogens is 218 g/mol. The molecule has 0 aromatic heterocycles. The van der Waals surface area contributed by atoms with Crippen LogP contribution in [-0.2, 0) is 9.53 Å². The number of ether oxygens (including phenoxy) is 1. The van der Waals surface area contributed by atoms with E-state index in [0.29, 0.717) is 6.42 Å². The molecule has 0 spiro atoms. The number of rotatable bonds is 3. The number of hydrogen-bond donors (Lipinski definition) is 1. The van der Waals surface area contributed by atoms with Crippen LogP contribution in [0.4, 0.5) is 4.79 Å². The maximum absolute atomic E-state index is 11.7. The van der Waals surface area contributed by atoms with Crippen LogP contribution in [0.25, 0.3) is 0 Å². The molecule has 1 atom stereocenters. The van der Waals surface area contributed by atoms with Crippen molar-refractivity contribution < 1.29 is 14.3 Å². The van der Waals surface area contributed by atoms with Crippen molar-refractivity contribution in [3.05, 3.63) is 0 Å². The Morgan fingerprint density at radius 2 is 1.94 bits per heavy atom. The second-order valence-electron chi connectivity index (χ2n) is 5.69. The molecule has 17 heavy (non-hydrogen) atoms. The summed E-state index contributed by atoms with van der Waals surface area (Å²) in [5.41, 5.74) is -0.865. The average molecular weight is 241 g/mol. The second kappa shape index (κ2) is 4.67. The summed E-state index contributed by atoms with van der Waals surface area (Å²) in [6.07, 6.45) is 1.54. The lowest BCUT2D eigenvalue weighted by molar-refractivity contribution is -0.142. The van der Waals surface area contributed by atoms with Gasteiger partial charge in [-0.2, -0.15) is 0 Å². The van der Waals surface area contributed by atoms with Crippen molar-refractivity contribution in [3.63, 3.8) is 0 Å². The Morgan fingerprint density at radius 1 is 1.41 bits per heavy atom. The summed E-state index contributed by atoms with van der Waals surface area (Å²) in [4.78, 5) is 23.3. The van der Waals surface area contributed by atoms with Crippen LogP contribution in [0, 0.1) is 5.41 Å². The quantitative estimate of drug-likeness (QED) is 0.826. The molecule has 1 aliphatic carbocycles. The standard InChI is InChI=1S/C13H23NO3/c1-6-13(7-2)9(8-10(13)15)14-11(16)17-12(3,4)5/h9H,6-8H2,1-5H3,(H,14,16). The molecule has 4 nitrogen and oxygen atoms in total. The fourth-order valence-electron chi connectivity index (χ4n) is 2.42. The van der Waals surface area contributed by atoms with E-state index in [9.17, 15) is 9.59 Å². The molecule has 1 fully saturated rings. The third-order valence-electron chi connectivity index (χ3n) is 3.56. The van der Waals surface area contributed by atoms with Gasteiger partial charge in [-0.15, -0.1) is 0 Å². The molecule has 0 heterocycles. The highest BCUT2D eigenvalue weighted by molar-refractivity contribution is 5.93. The van der Waals surface area contributed by atoms with Crippen molar-refractivity contribution in [2.75, 3.05) is 0 Å². The largest absolute Gasteiger partial charge is 0.444 e. The summed E-state index contributed by atoms with van der Waals surface area (Å²) >= 11 is 0. The van der Waals surface area contributed by atoms with Crippen molar-refractivity contribution in [1.82, 2.24) is 5.32 Å². The van der Waals surface area contributed by atoms with Crippen LogP contribution in [0.15, 0.2) is 0 Å². The third-order valence-corrected chi connectivity index (χ3v) is 3.56. The predicted octanol–water partition coefficient (Wildman–Crippen LogP) is 2.66. The minimum Gasteiger partial charge on any atom is -0.444 e. The van der Waals surface area contributed by atoms with E-state index in [2.05, 4.69) is 5.32 Å². The SMILES string of the molecule is CCC1(CC)C(=O)CC1NC(=O)OC(C)(C)C. The minimum atomic E-state index is -0.501. The maximum Gasteiger partial charge on any atom is 0.407 e. The van der Waals surface area contributed by atoms with Crippen molar-refractivity contribution >= 4 is 11.9 Å². The zero-order valence-corrected chi connectivity index (χ0v) is 11.4. The number of Topliss-reactive ketones (excluding diaryl/α,β-unsaturated/α-hetero) is 1. The van der Waals surface area contributed by atoms with E-state index in [-0.39, 0.29) is 17.2 Å². The first-order chi connectivity index (χ1) is 7.75. The van der Waals surface area contributed by atoms with Gasteiger partial charge in [-0.25, -0.2) is 4.79 Å². The van der Waals surface area contributed by atoms with Gasteiger partial charge in [0.2, 0.25) is 0 Å². The molecule has 98 valence electrons. The molecule has 1 N–H and O–H groups in total. The van der Waals surface area contributed by atoms with Gasteiger partial charge in [-0.1, -0.05) is 13.8 Å². The number of carbonyl (C=O) groups is 2. The molecule has 0 aromatic rings. The fraction of sp³-hybridized carbons (Fsp3) is 0.846. The van der Waals surface area contributed by atoms with Crippen molar-refractivity contribution in [1.29, 1.82) is 0 Å². The van der Waals surface area contributed by atoms with E-state index in [1.165, 1.54) is 0 Å². The summed E-state index contributed by atoms with van der Waals surface area (Å²) in [6, 6.07) is -0.0696. The first kappa shape index (κ1) is 14.0. The van der Waals surface area contributed by atoms with E-state index < -0.39 is 11.7 Å². The molecular formula is C13H23NO3. The molecule has 0 saturated heterocycles. The minimum absolute atomic E-state index is 0.0696. The van der Waals surface area contributed by atoms with Gasteiger partial charge in [0.1, 0.15) is 11.4 Å². The van der Waals surface area contributed by atoms with Crippen LogP contribution in [0.3, 0.4) is 0 Å². The summed E-state index contributed by atoms with van der Waals surface area (Å²) in [5, 5.41) is 2.81. The van der Waals surface area contributed by atoms with Crippen LogP contribution in [0.5, 0.6) is 0 Å². The number of ketones is 1. The van der Waals surface area contributed by atoms with Crippen molar-refractivity contribution in [2.24, 2.45) is 5.41 Å². The first-order valence-corrected chi connectivity index (χ1v) is 6.28. The van der Waals surface area contributed by atoms with Crippen molar-refractivity contribution in [3.8, 4) is 0 Å². The molecule has 0 aliphatic heterocycles. The molecule has 1 unspecified atom stereocenters. The van der Waals surface area contributed by atoms with Gasteiger partial charge in [0.15, 0.2) is 0 Å². The Balaban J connectivity index is 2.59. The molecule has 1 saturated carbocycles. The monoisotopic (exact) mass is 241 g/mol. The Labute approximate surface area is 103 Å². The highest BCUT2D eigenvalue weighted by Gasteiger charge is 2.52. The topological polar surface area (TPSA) is 55.4 Å². The maximum atomic E-state index is 11.7. The predicted molar refractivity (Wildman–Crippen MR) is 65.8 cm³/mol. The van der Waals surface area contributed by atoms with Gasteiger partial charge >= 0.3 is 6.09 Å². The smallest absolute Gasteiger partial charge is 0.407 e. The van der Waals surface area contributed by atoms with Gasteiger partial charge < -0.3 is 10.1 Å². The van der Waals surface area contributed by atoms with E-state index in [1.54, 1.807) is 0 Å². The van der Waals surface area contributed by atoms with Crippen LogP contribution < -0.4 is 5.32 Å². The van der Waals surface area contributed by atoms with E-state index in [0.717, 1.165) is 12.8 Å². The van der Waals surface area contributed by atoms with Crippen molar-refractivity contribution in [2.45, 2.75) is 65.5 Å². The normalized spacial score (nSPS) is 22.9. The molecule has 1 amide bonds. The number of carbonyl (C=O) groups excluding carboxylic acids is 2. The molecule has 0 radical (unpaired) electrons. The average Bonchev–Trinajstić information content (AvgIpc) is 2.16. The highest BCUT2D eigenvalue weighted by Crippen LogP contribution is 2.43. The first-order valence-electron chi connectivity index (χ1n) is 6.28. The van der Waals surface area contributed by atoms with Crippen LogP contribution in [-0.4, -0.2) is 23.5 Å². The molecule has 4 heteroatoms. The second-order valence-corrected chi connectivity index (χ2v) is 5.69. The molecule has 0 aromatic carbocycles. The number of nitrogens with one attached hydrogen (secondary N) is 1. The summed E-state index contributed by atoms with van der Waals surface area (Å²) in [5.74, 6) is 0.253. The number of amides is 1. The summed E-state index contributed by atoms with van der Waals surface area (Å²) in [6.45, 7) is 9.46. The molecule has 1 aliphatic rings. The van der Waals surface area contributed by atoms with E-state index >= 15 is 0 Å². The Bertz CT molecular complexity index is 313. The Hall–Kier alpha value is -1.06. The molecule has 1 rings (SSSR count). The van der Waals surface area contributed by atoms with Crippen LogP contribution in [0.2, 0.25) is 0 Å². The van der Waals surface area contributed by atoms with Gasteiger partial charge in [0.25, 0.3) is 0 Å². The fourth-order valence-corrected chi connectivity index (χ4v) is 2.42. The summed E-state index contributed by atoms with van der Waals surface area (Å²) in [7, 11) is 0.